The van der Waals surface area contributed by atoms with Crippen molar-refractivity contribution in [2.45, 2.75) is 32.7 Å². The van der Waals surface area contributed by atoms with Crippen LogP contribution in [-0.4, -0.2) is 16.7 Å². The number of nitrogens with two attached hydrogens (primary N) is 1. The first-order chi connectivity index (χ1) is 9.47. The molecule has 20 heavy (non-hydrogen) atoms. The summed E-state index contributed by atoms with van der Waals surface area (Å²) in [5.74, 6) is 2.04. The Morgan fingerprint density at radius 2 is 2.05 bits per heavy atom. The molecule has 1 aromatic heterocycles. The molecule has 2 aromatic rings. The number of fused-ring (bicyclic) bond motifs is 1. The fourth-order valence-electron chi connectivity index (χ4n) is 2.26. The van der Waals surface area contributed by atoms with Gasteiger partial charge < -0.3 is 15.0 Å². The number of nitrogens with zero attached hydrogens (tertiary/aromatic N) is 2. The van der Waals surface area contributed by atoms with Gasteiger partial charge in [0.25, 0.3) is 0 Å². The van der Waals surface area contributed by atoms with Crippen molar-refractivity contribution >= 4 is 0 Å². The Hall–Kier alpha value is -1.88. The average molecular weight is 273 g/mol. The third-order valence-corrected chi connectivity index (χ3v) is 3.67. The van der Waals surface area contributed by atoms with Gasteiger partial charge in [-0.2, -0.15) is 4.98 Å². The normalized spacial score (nSPS) is 19.5. The van der Waals surface area contributed by atoms with E-state index in [0.29, 0.717) is 18.3 Å². The summed E-state index contributed by atoms with van der Waals surface area (Å²) in [6.07, 6.45) is 0. The summed E-state index contributed by atoms with van der Waals surface area (Å²) in [6, 6.07) is 7.66. The van der Waals surface area contributed by atoms with Gasteiger partial charge in [0.2, 0.25) is 5.89 Å². The van der Waals surface area contributed by atoms with Crippen molar-refractivity contribution in [1.29, 1.82) is 0 Å². The zero-order chi connectivity index (χ0) is 14.3. The summed E-state index contributed by atoms with van der Waals surface area (Å²) >= 11 is 0. The largest absolute Gasteiger partial charge is 0.492 e. The number of ether oxygens (including phenoxy) is 1. The molecule has 3 rings (SSSR count). The summed E-state index contributed by atoms with van der Waals surface area (Å²) in [5, 5.41) is 4.09. The molecule has 0 aliphatic carbocycles. The molecule has 2 N–H and O–H groups in total. The quantitative estimate of drug-likeness (QED) is 0.910. The Morgan fingerprint density at radius 1 is 1.30 bits per heavy atom. The molecule has 5 nitrogen and oxygen atoms in total. The molecule has 0 bridgehead atoms. The highest BCUT2D eigenvalue weighted by molar-refractivity contribution is 5.42. The maximum absolute atomic E-state index is 6.15. The van der Waals surface area contributed by atoms with E-state index >= 15 is 0 Å². The van der Waals surface area contributed by atoms with Crippen LogP contribution in [0.4, 0.5) is 0 Å². The van der Waals surface area contributed by atoms with E-state index in [0.717, 1.165) is 11.3 Å². The highest BCUT2D eigenvalue weighted by Gasteiger charge is 2.32. The molecule has 2 heterocycles. The van der Waals surface area contributed by atoms with Gasteiger partial charge in [-0.25, -0.2) is 0 Å². The van der Waals surface area contributed by atoms with Crippen LogP contribution in [0.15, 0.2) is 28.8 Å². The van der Waals surface area contributed by atoms with E-state index in [1.54, 1.807) is 0 Å². The number of hydrogen-bond donors (Lipinski definition) is 1. The lowest BCUT2D eigenvalue weighted by Gasteiger charge is -2.23. The fraction of sp³-hybridized carbons (Fsp3) is 0.467. The van der Waals surface area contributed by atoms with E-state index in [1.807, 2.05) is 24.3 Å². The highest BCUT2D eigenvalue weighted by atomic mass is 16.5. The van der Waals surface area contributed by atoms with E-state index in [4.69, 9.17) is 15.0 Å². The number of rotatable bonds is 2. The Bertz CT molecular complexity index is 616. The molecule has 106 valence electrons. The predicted molar refractivity (Wildman–Crippen MR) is 74.5 cm³/mol. The summed E-state index contributed by atoms with van der Waals surface area (Å²) < 4.78 is 11.0. The first-order valence-corrected chi connectivity index (χ1v) is 6.77. The van der Waals surface area contributed by atoms with Gasteiger partial charge in [-0.1, -0.05) is 44.1 Å². The maximum Gasteiger partial charge on any atom is 0.244 e. The van der Waals surface area contributed by atoms with Crippen LogP contribution in [0.2, 0.25) is 0 Å². The van der Waals surface area contributed by atoms with Crippen LogP contribution in [0.25, 0.3) is 0 Å². The highest BCUT2D eigenvalue weighted by Crippen LogP contribution is 2.37. The van der Waals surface area contributed by atoms with Crippen LogP contribution in [0.3, 0.4) is 0 Å². The molecule has 0 amide bonds. The Kier molecular flexibility index (Phi) is 3.01. The Labute approximate surface area is 118 Å². The summed E-state index contributed by atoms with van der Waals surface area (Å²) in [4.78, 5) is 4.47. The number of para-hydroxylation sites is 1. The van der Waals surface area contributed by atoms with Gasteiger partial charge in [0.05, 0.1) is 12.0 Å². The molecule has 1 unspecified atom stereocenters. The van der Waals surface area contributed by atoms with Gasteiger partial charge in [0.15, 0.2) is 5.82 Å². The van der Waals surface area contributed by atoms with Gasteiger partial charge in [0.1, 0.15) is 12.4 Å². The standard InChI is InChI=1S/C15H19N3O2/c1-15(2,3)12(16)14-17-13(18-20-14)10-8-19-11-7-5-4-6-9(10)11/h4-7,10,12H,8,16H2,1-3H3/t10?,12-/m1/s1. The molecule has 0 fully saturated rings. The SMILES string of the molecule is CC(C)(C)[C@H](N)c1nc(C2COc3ccccc32)no1. The molecular formula is C15H19N3O2. The number of benzene rings is 1. The van der Waals surface area contributed by atoms with Crippen LogP contribution in [-0.2, 0) is 0 Å². The second kappa shape index (κ2) is 4.59. The van der Waals surface area contributed by atoms with E-state index < -0.39 is 0 Å². The lowest BCUT2D eigenvalue weighted by Crippen LogP contribution is -2.26. The molecule has 1 aliphatic heterocycles. The van der Waals surface area contributed by atoms with Crippen LogP contribution < -0.4 is 10.5 Å². The molecule has 0 radical (unpaired) electrons. The van der Waals surface area contributed by atoms with Gasteiger partial charge in [-0.15, -0.1) is 0 Å². The van der Waals surface area contributed by atoms with Crippen molar-refractivity contribution in [1.82, 2.24) is 10.1 Å². The van der Waals surface area contributed by atoms with Crippen molar-refractivity contribution in [3.05, 3.63) is 41.5 Å². The average Bonchev–Trinajstić information content (AvgIpc) is 3.02. The topological polar surface area (TPSA) is 74.2 Å². The monoisotopic (exact) mass is 273 g/mol. The molecule has 0 spiro atoms. The third-order valence-electron chi connectivity index (χ3n) is 3.67. The second-order valence-electron chi connectivity index (χ2n) is 6.24. The minimum atomic E-state index is -0.277. The van der Waals surface area contributed by atoms with Gasteiger partial charge in [-0.3, -0.25) is 0 Å². The molecule has 0 saturated carbocycles. The van der Waals surface area contributed by atoms with Crippen molar-refractivity contribution in [3.63, 3.8) is 0 Å². The predicted octanol–water partition coefficient (Wildman–Crippen LogP) is 2.64. The minimum absolute atomic E-state index is 0.0240. The van der Waals surface area contributed by atoms with Crippen LogP contribution in [0.5, 0.6) is 5.75 Å². The van der Waals surface area contributed by atoms with Crippen molar-refractivity contribution in [3.8, 4) is 5.75 Å². The molecular weight excluding hydrogens is 254 g/mol. The molecule has 0 saturated heterocycles. The fourth-order valence-corrected chi connectivity index (χ4v) is 2.26. The molecule has 1 aromatic carbocycles. The molecule has 5 heteroatoms. The first kappa shape index (κ1) is 13.1. The lowest BCUT2D eigenvalue weighted by atomic mass is 9.87. The van der Waals surface area contributed by atoms with Gasteiger partial charge >= 0.3 is 0 Å². The third kappa shape index (κ3) is 2.18. The Balaban J connectivity index is 1.89. The van der Waals surface area contributed by atoms with Gasteiger partial charge in [0, 0.05) is 5.56 Å². The van der Waals surface area contributed by atoms with E-state index in [9.17, 15) is 0 Å². The maximum atomic E-state index is 6.15. The van der Waals surface area contributed by atoms with Gasteiger partial charge in [-0.05, 0) is 11.5 Å². The van der Waals surface area contributed by atoms with Crippen molar-refractivity contribution in [2.24, 2.45) is 11.1 Å². The van der Waals surface area contributed by atoms with E-state index in [1.165, 1.54) is 0 Å². The number of hydrogen-bond acceptors (Lipinski definition) is 5. The van der Waals surface area contributed by atoms with E-state index in [-0.39, 0.29) is 17.4 Å². The Morgan fingerprint density at radius 3 is 2.80 bits per heavy atom. The summed E-state index contributed by atoms with van der Waals surface area (Å²) in [6.45, 7) is 6.70. The zero-order valence-corrected chi connectivity index (χ0v) is 12.0. The zero-order valence-electron chi connectivity index (χ0n) is 12.0. The summed E-state index contributed by atoms with van der Waals surface area (Å²) in [5.41, 5.74) is 7.14. The van der Waals surface area contributed by atoms with Crippen molar-refractivity contribution < 1.29 is 9.26 Å². The minimum Gasteiger partial charge on any atom is -0.492 e. The smallest absolute Gasteiger partial charge is 0.244 e. The lowest BCUT2D eigenvalue weighted by molar-refractivity contribution is 0.251. The molecule has 1 aliphatic rings. The number of aromatic nitrogens is 2. The second-order valence-corrected chi connectivity index (χ2v) is 6.24. The van der Waals surface area contributed by atoms with Crippen molar-refractivity contribution in [2.75, 3.05) is 6.61 Å². The first-order valence-electron chi connectivity index (χ1n) is 6.77. The van der Waals surface area contributed by atoms with Crippen LogP contribution in [0.1, 0.15) is 50.0 Å². The van der Waals surface area contributed by atoms with Crippen LogP contribution in [0, 0.1) is 5.41 Å². The summed E-state index contributed by atoms with van der Waals surface area (Å²) in [7, 11) is 0. The molecule has 2 atom stereocenters. The van der Waals surface area contributed by atoms with E-state index in [2.05, 4.69) is 30.9 Å². The van der Waals surface area contributed by atoms with Crippen LogP contribution >= 0.6 is 0 Å².